The first kappa shape index (κ1) is 16.9. The lowest BCUT2D eigenvalue weighted by molar-refractivity contribution is 0.117. The molecular weight excluding hydrogens is 296 g/mol. The van der Waals surface area contributed by atoms with Crippen LogP contribution in [0, 0.1) is 0 Å². The Labute approximate surface area is 134 Å². The van der Waals surface area contributed by atoms with E-state index in [2.05, 4.69) is 20.6 Å². The van der Waals surface area contributed by atoms with Gasteiger partial charge in [0.2, 0.25) is 0 Å². The third kappa shape index (κ3) is 6.01. The van der Waals surface area contributed by atoms with Gasteiger partial charge in [0.15, 0.2) is 0 Å². The van der Waals surface area contributed by atoms with Crippen molar-refractivity contribution in [3.05, 3.63) is 60.2 Å². The molecule has 0 unspecified atom stereocenters. The highest BCUT2D eigenvalue weighted by Crippen LogP contribution is 2.06. The van der Waals surface area contributed by atoms with Crippen LogP contribution in [0.15, 0.2) is 48.9 Å². The van der Waals surface area contributed by atoms with E-state index in [-0.39, 0.29) is 6.54 Å². The zero-order chi connectivity index (χ0) is 16.5. The third-order valence-corrected chi connectivity index (χ3v) is 3.35. The third-order valence-electron chi connectivity index (χ3n) is 3.35. The quantitative estimate of drug-likeness (QED) is 0.574. The summed E-state index contributed by atoms with van der Waals surface area (Å²) in [5.41, 5.74) is 1.71. The van der Waals surface area contributed by atoms with Gasteiger partial charge in [-0.2, -0.15) is 0 Å². The first-order chi connectivity index (χ1) is 11.1. The molecule has 0 bridgehead atoms. The number of hydrogen-bond donors (Lipinski definition) is 4. The summed E-state index contributed by atoms with van der Waals surface area (Å²) >= 11 is 0. The highest BCUT2D eigenvalue weighted by atomic mass is 16.4. The molecule has 0 spiro atoms. The van der Waals surface area contributed by atoms with Crippen molar-refractivity contribution < 1.29 is 15.0 Å². The summed E-state index contributed by atoms with van der Waals surface area (Å²) in [5, 5.41) is 24.7. The van der Waals surface area contributed by atoms with Crippen molar-refractivity contribution >= 4 is 6.09 Å². The van der Waals surface area contributed by atoms with E-state index in [4.69, 9.17) is 5.11 Å². The van der Waals surface area contributed by atoms with Gasteiger partial charge in [-0.3, -0.25) is 9.97 Å². The van der Waals surface area contributed by atoms with Gasteiger partial charge in [0.1, 0.15) is 0 Å². The summed E-state index contributed by atoms with van der Waals surface area (Å²) in [4.78, 5) is 19.0. The fraction of sp³-hybridized carbons (Fsp3) is 0.312. The Kier molecular flexibility index (Phi) is 6.46. The number of benzene rings is 1. The average Bonchev–Trinajstić information content (AvgIpc) is 2.56. The lowest BCUT2D eigenvalue weighted by atomic mass is 10.0. The molecule has 0 aliphatic carbocycles. The van der Waals surface area contributed by atoms with Crippen LogP contribution < -0.4 is 10.6 Å². The normalized spacial score (nSPS) is 13.3. The summed E-state index contributed by atoms with van der Waals surface area (Å²) in [6.45, 7) is 0.699. The number of carbonyl (C=O) groups is 1. The summed E-state index contributed by atoms with van der Waals surface area (Å²) in [6, 6.07) is 8.86. The first-order valence-electron chi connectivity index (χ1n) is 7.32. The maximum Gasteiger partial charge on any atom is 0.404 e. The number of amides is 1. The van der Waals surface area contributed by atoms with E-state index in [9.17, 15) is 9.90 Å². The van der Waals surface area contributed by atoms with E-state index >= 15 is 0 Å². The number of aliphatic hydroxyl groups is 1. The number of nitrogens with one attached hydrogen (secondary N) is 2. The van der Waals surface area contributed by atoms with E-state index < -0.39 is 18.2 Å². The number of aromatic nitrogens is 2. The van der Waals surface area contributed by atoms with E-state index in [1.807, 2.05) is 30.3 Å². The summed E-state index contributed by atoms with van der Waals surface area (Å²) in [5.74, 6) is 0. The molecule has 1 amide bonds. The van der Waals surface area contributed by atoms with Gasteiger partial charge in [-0.05, 0) is 12.0 Å². The van der Waals surface area contributed by atoms with Crippen LogP contribution in [0.4, 0.5) is 4.79 Å². The smallest absolute Gasteiger partial charge is 0.404 e. The number of aliphatic hydroxyl groups excluding tert-OH is 1. The van der Waals surface area contributed by atoms with Crippen molar-refractivity contribution in [1.29, 1.82) is 0 Å². The Bertz CT molecular complexity index is 595. The van der Waals surface area contributed by atoms with E-state index in [0.29, 0.717) is 13.0 Å². The van der Waals surface area contributed by atoms with E-state index in [0.717, 1.165) is 11.3 Å². The first-order valence-corrected chi connectivity index (χ1v) is 7.32. The Balaban J connectivity index is 1.88. The van der Waals surface area contributed by atoms with Crippen molar-refractivity contribution in [3.63, 3.8) is 0 Å². The predicted molar refractivity (Wildman–Crippen MR) is 84.8 cm³/mol. The fourth-order valence-electron chi connectivity index (χ4n) is 2.22. The standard InChI is InChI=1S/C16H20N4O3/c21-15(11-18-10-13-9-17-6-7-19-13)14(20-16(22)23)8-12-4-2-1-3-5-12/h1-7,9,14-15,18,20-21H,8,10-11H2,(H,22,23)/t14-,15+/m0/s1. The van der Waals surface area contributed by atoms with Crippen molar-refractivity contribution in [2.24, 2.45) is 0 Å². The average molecular weight is 316 g/mol. The zero-order valence-corrected chi connectivity index (χ0v) is 12.6. The van der Waals surface area contributed by atoms with Crippen LogP contribution in [0.2, 0.25) is 0 Å². The lowest BCUT2D eigenvalue weighted by Crippen LogP contribution is -2.48. The van der Waals surface area contributed by atoms with Gasteiger partial charge in [-0.15, -0.1) is 0 Å². The molecule has 0 aliphatic rings. The van der Waals surface area contributed by atoms with Crippen molar-refractivity contribution in [2.45, 2.75) is 25.1 Å². The van der Waals surface area contributed by atoms with Gasteiger partial charge < -0.3 is 20.8 Å². The Morgan fingerprint density at radius 3 is 2.65 bits per heavy atom. The highest BCUT2D eigenvalue weighted by Gasteiger charge is 2.21. The Morgan fingerprint density at radius 2 is 2.00 bits per heavy atom. The summed E-state index contributed by atoms with van der Waals surface area (Å²) in [7, 11) is 0. The maximum absolute atomic E-state index is 10.9. The van der Waals surface area contributed by atoms with Gasteiger partial charge in [0, 0.05) is 31.7 Å². The lowest BCUT2D eigenvalue weighted by Gasteiger charge is -2.23. The molecule has 122 valence electrons. The molecule has 4 N–H and O–H groups in total. The second-order valence-electron chi connectivity index (χ2n) is 5.14. The van der Waals surface area contributed by atoms with Crippen LogP contribution in [0.25, 0.3) is 0 Å². The van der Waals surface area contributed by atoms with Gasteiger partial charge in [-0.1, -0.05) is 30.3 Å². The maximum atomic E-state index is 10.9. The second kappa shape index (κ2) is 8.82. The topological polar surface area (TPSA) is 107 Å². The molecule has 1 aromatic heterocycles. The van der Waals surface area contributed by atoms with Crippen LogP contribution in [0.1, 0.15) is 11.3 Å². The molecule has 0 saturated heterocycles. The molecular formula is C16H20N4O3. The van der Waals surface area contributed by atoms with E-state index in [1.165, 1.54) is 0 Å². The molecule has 0 aliphatic heterocycles. The van der Waals surface area contributed by atoms with Gasteiger partial charge in [-0.25, -0.2) is 4.79 Å². The summed E-state index contributed by atoms with van der Waals surface area (Å²) < 4.78 is 0. The van der Waals surface area contributed by atoms with Gasteiger partial charge in [0.25, 0.3) is 0 Å². The Morgan fingerprint density at radius 1 is 1.22 bits per heavy atom. The molecule has 1 heterocycles. The molecule has 1 aromatic carbocycles. The van der Waals surface area contributed by atoms with E-state index in [1.54, 1.807) is 18.6 Å². The minimum Gasteiger partial charge on any atom is -0.465 e. The SMILES string of the molecule is O=C(O)N[C@@H](Cc1ccccc1)[C@H](O)CNCc1cnccn1. The minimum absolute atomic E-state index is 0.244. The minimum atomic E-state index is -1.15. The fourth-order valence-corrected chi connectivity index (χ4v) is 2.22. The number of nitrogens with zero attached hydrogens (tertiary/aromatic N) is 2. The van der Waals surface area contributed by atoms with Crippen LogP contribution in [0.3, 0.4) is 0 Å². The highest BCUT2D eigenvalue weighted by molar-refractivity contribution is 5.65. The molecule has 7 heteroatoms. The van der Waals surface area contributed by atoms with Crippen molar-refractivity contribution in [3.8, 4) is 0 Å². The van der Waals surface area contributed by atoms with Crippen LogP contribution >= 0.6 is 0 Å². The summed E-state index contributed by atoms with van der Waals surface area (Å²) in [6.07, 6.45) is 3.22. The molecule has 0 saturated carbocycles. The monoisotopic (exact) mass is 316 g/mol. The van der Waals surface area contributed by atoms with Crippen LogP contribution in [-0.2, 0) is 13.0 Å². The molecule has 0 fully saturated rings. The number of rotatable bonds is 8. The van der Waals surface area contributed by atoms with Crippen LogP contribution in [0.5, 0.6) is 0 Å². The molecule has 23 heavy (non-hydrogen) atoms. The molecule has 7 nitrogen and oxygen atoms in total. The molecule has 2 atom stereocenters. The number of carboxylic acid groups (broad SMARTS) is 1. The second-order valence-corrected chi connectivity index (χ2v) is 5.14. The van der Waals surface area contributed by atoms with Crippen LogP contribution in [-0.4, -0.2) is 45.0 Å². The van der Waals surface area contributed by atoms with Gasteiger partial charge in [0.05, 0.1) is 17.8 Å². The largest absolute Gasteiger partial charge is 0.465 e. The molecule has 0 radical (unpaired) electrons. The van der Waals surface area contributed by atoms with Crippen molar-refractivity contribution in [2.75, 3.05) is 6.54 Å². The molecule has 2 rings (SSSR count). The Hall–Kier alpha value is -2.51. The van der Waals surface area contributed by atoms with Gasteiger partial charge >= 0.3 is 6.09 Å². The van der Waals surface area contributed by atoms with Crippen molar-refractivity contribution in [1.82, 2.24) is 20.6 Å². The zero-order valence-electron chi connectivity index (χ0n) is 12.6. The predicted octanol–water partition coefficient (Wildman–Crippen LogP) is 0.806. The molecule has 2 aromatic rings. The number of hydrogen-bond acceptors (Lipinski definition) is 5.